The lowest BCUT2D eigenvalue weighted by atomic mass is 10.2. The van der Waals surface area contributed by atoms with Crippen LogP contribution in [0, 0.1) is 0 Å². The van der Waals surface area contributed by atoms with Gasteiger partial charge in [0.1, 0.15) is 13.2 Å². The smallest absolute Gasteiger partial charge is 0.306 e. The molecule has 0 aromatic rings. The van der Waals surface area contributed by atoms with Crippen molar-refractivity contribution >= 4 is 17.9 Å². The molecule has 0 saturated carbocycles. The van der Waals surface area contributed by atoms with Crippen molar-refractivity contribution in [2.24, 2.45) is 0 Å². The summed E-state index contributed by atoms with van der Waals surface area (Å²) in [6, 6.07) is 0. The first kappa shape index (κ1) is 54.3. The number of allylic oxidation sites excluding steroid dienone is 24. The van der Waals surface area contributed by atoms with Gasteiger partial charge in [0.2, 0.25) is 0 Å². The van der Waals surface area contributed by atoms with Gasteiger partial charge in [0.15, 0.2) is 6.10 Å². The lowest BCUT2D eigenvalue weighted by Gasteiger charge is -2.18. The Balaban J connectivity index is 4.33. The highest BCUT2D eigenvalue weighted by Crippen LogP contribution is 2.07. The minimum atomic E-state index is -0.839. The molecule has 0 rings (SSSR count). The number of ether oxygens (including phenoxy) is 3. The summed E-state index contributed by atoms with van der Waals surface area (Å²) < 4.78 is 16.3. The first-order chi connectivity index (χ1) is 29.0. The first-order valence-corrected chi connectivity index (χ1v) is 22.3. The zero-order valence-corrected chi connectivity index (χ0v) is 36.9. The van der Waals surface area contributed by atoms with Crippen molar-refractivity contribution in [3.8, 4) is 0 Å². The summed E-state index contributed by atoms with van der Waals surface area (Å²) in [6.07, 6.45) is 66.4. The molecule has 0 heterocycles. The minimum absolute atomic E-state index is 0.150. The van der Waals surface area contributed by atoms with Gasteiger partial charge in [-0.1, -0.05) is 179 Å². The van der Waals surface area contributed by atoms with Crippen molar-refractivity contribution < 1.29 is 28.6 Å². The largest absolute Gasteiger partial charge is 0.462 e. The summed E-state index contributed by atoms with van der Waals surface area (Å²) in [5.41, 5.74) is 0. The lowest BCUT2D eigenvalue weighted by Crippen LogP contribution is -2.30. The second kappa shape index (κ2) is 46.0. The van der Waals surface area contributed by atoms with Crippen LogP contribution in [0.2, 0.25) is 0 Å². The third kappa shape index (κ3) is 44.2. The van der Waals surface area contributed by atoms with Gasteiger partial charge in [-0.05, 0) is 96.3 Å². The Labute approximate surface area is 359 Å². The van der Waals surface area contributed by atoms with Gasteiger partial charge >= 0.3 is 17.9 Å². The molecule has 6 heteroatoms. The third-order valence-electron chi connectivity index (χ3n) is 8.37. The van der Waals surface area contributed by atoms with Crippen molar-refractivity contribution in [1.82, 2.24) is 0 Å². The number of esters is 3. The highest BCUT2D eigenvalue weighted by molar-refractivity contribution is 5.71. The fourth-order valence-electron chi connectivity index (χ4n) is 5.08. The van der Waals surface area contributed by atoms with E-state index in [1.807, 2.05) is 24.3 Å². The molecule has 0 amide bonds. The Morgan fingerprint density at radius 2 is 0.644 bits per heavy atom. The topological polar surface area (TPSA) is 78.9 Å². The summed E-state index contributed by atoms with van der Waals surface area (Å²) in [7, 11) is 0. The summed E-state index contributed by atoms with van der Waals surface area (Å²) in [5, 5.41) is 0. The Morgan fingerprint density at radius 1 is 0.356 bits per heavy atom. The summed E-state index contributed by atoms with van der Waals surface area (Å²) in [4.78, 5) is 37.2. The standard InChI is InChI=1S/C53H78O6/c1-4-7-10-12-14-16-18-20-22-24-26-28-30-32-34-36-38-40-43-45-51(54)57-48-50(59-53(56)47-42-9-6-3)49-58-52(55)46-44-41-39-37-35-33-31-29-27-25-23-21-19-17-15-13-11-8-5-2/h7-8,10-11,14-17,20-23,26-29,32-35,38-41,50H,4-6,9,12-13,18-19,24-25,30-31,36-37,42-49H2,1-3H3/b10-7-,11-8-,16-14-,17-15-,22-20-,23-21-,28-26-,29-27-,34-32-,35-33-,40-38-,41-39-. The lowest BCUT2D eigenvalue weighted by molar-refractivity contribution is -0.166. The van der Waals surface area contributed by atoms with Crippen LogP contribution in [0.4, 0.5) is 0 Å². The second-order valence-electron chi connectivity index (χ2n) is 13.8. The highest BCUT2D eigenvalue weighted by Gasteiger charge is 2.19. The van der Waals surface area contributed by atoms with Crippen LogP contribution in [0.3, 0.4) is 0 Å². The Bertz CT molecular complexity index is 1300. The number of hydrogen-bond acceptors (Lipinski definition) is 6. The molecular weight excluding hydrogens is 733 g/mol. The van der Waals surface area contributed by atoms with Crippen molar-refractivity contribution in [2.75, 3.05) is 13.2 Å². The van der Waals surface area contributed by atoms with Gasteiger partial charge in [0, 0.05) is 19.3 Å². The molecule has 0 radical (unpaired) electrons. The van der Waals surface area contributed by atoms with Crippen LogP contribution >= 0.6 is 0 Å². The van der Waals surface area contributed by atoms with Crippen LogP contribution in [0.25, 0.3) is 0 Å². The SMILES string of the molecule is CC/C=C\C/C=C\C/C=C\C/C=C\C/C=C\C/C=C\CCC(=O)OCC(COC(=O)CC/C=C\C/C=C\C/C=C\C/C=C\C/C=C\C/C=C\CC)OC(=O)CCCCC. The third-order valence-corrected chi connectivity index (χ3v) is 8.37. The van der Waals surface area contributed by atoms with Crippen LogP contribution in [0.1, 0.15) is 149 Å². The van der Waals surface area contributed by atoms with E-state index in [4.69, 9.17) is 14.2 Å². The molecule has 0 aliphatic rings. The highest BCUT2D eigenvalue weighted by atomic mass is 16.6. The average Bonchev–Trinajstić information content (AvgIpc) is 3.23. The summed E-state index contributed by atoms with van der Waals surface area (Å²) in [5.74, 6) is -1.16. The molecule has 0 aliphatic carbocycles. The quantitative estimate of drug-likeness (QED) is 0.0269. The number of hydrogen-bond donors (Lipinski definition) is 0. The van der Waals surface area contributed by atoms with Gasteiger partial charge in [-0.25, -0.2) is 0 Å². The molecule has 6 nitrogen and oxygen atoms in total. The average molecular weight is 811 g/mol. The molecular formula is C53H78O6. The van der Waals surface area contributed by atoms with Gasteiger partial charge in [-0.2, -0.15) is 0 Å². The number of carbonyl (C=O) groups is 3. The van der Waals surface area contributed by atoms with E-state index in [9.17, 15) is 14.4 Å². The molecule has 0 saturated heterocycles. The van der Waals surface area contributed by atoms with Gasteiger partial charge < -0.3 is 14.2 Å². The normalized spacial score (nSPS) is 13.0. The van der Waals surface area contributed by atoms with Crippen molar-refractivity contribution in [3.05, 3.63) is 146 Å². The second-order valence-corrected chi connectivity index (χ2v) is 13.8. The maximum atomic E-state index is 12.4. The van der Waals surface area contributed by atoms with E-state index in [0.717, 1.165) is 96.3 Å². The molecule has 0 unspecified atom stereocenters. The zero-order chi connectivity index (χ0) is 43.0. The van der Waals surface area contributed by atoms with E-state index in [2.05, 4.69) is 142 Å². The van der Waals surface area contributed by atoms with Crippen LogP contribution in [-0.2, 0) is 28.6 Å². The predicted molar refractivity (Wildman–Crippen MR) is 251 cm³/mol. The fourth-order valence-corrected chi connectivity index (χ4v) is 5.08. The molecule has 0 N–H and O–H groups in total. The van der Waals surface area contributed by atoms with Crippen molar-refractivity contribution in [2.45, 2.75) is 155 Å². The van der Waals surface area contributed by atoms with Crippen LogP contribution in [0.15, 0.2) is 146 Å². The van der Waals surface area contributed by atoms with Crippen molar-refractivity contribution in [3.63, 3.8) is 0 Å². The van der Waals surface area contributed by atoms with E-state index in [-0.39, 0.29) is 50.4 Å². The molecule has 0 aromatic heterocycles. The van der Waals surface area contributed by atoms with E-state index in [0.29, 0.717) is 12.8 Å². The first-order valence-electron chi connectivity index (χ1n) is 22.3. The Hall–Kier alpha value is -4.71. The van der Waals surface area contributed by atoms with E-state index < -0.39 is 6.10 Å². The van der Waals surface area contributed by atoms with Crippen molar-refractivity contribution in [1.29, 1.82) is 0 Å². The summed E-state index contributed by atoms with van der Waals surface area (Å²) in [6.45, 7) is 6.05. The van der Waals surface area contributed by atoms with Gasteiger partial charge in [0.05, 0.1) is 0 Å². The summed E-state index contributed by atoms with van der Waals surface area (Å²) >= 11 is 0. The molecule has 59 heavy (non-hydrogen) atoms. The van der Waals surface area contributed by atoms with Gasteiger partial charge in [-0.3, -0.25) is 14.4 Å². The molecule has 0 aromatic carbocycles. The molecule has 0 atom stereocenters. The monoisotopic (exact) mass is 811 g/mol. The number of unbranched alkanes of at least 4 members (excludes halogenated alkanes) is 2. The molecule has 0 spiro atoms. The Morgan fingerprint density at radius 3 is 0.932 bits per heavy atom. The molecule has 0 bridgehead atoms. The van der Waals surface area contributed by atoms with E-state index in [1.54, 1.807) is 0 Å². The molecule has 326 valence electrons. The van der Waals surface area contributed by atoms with E-state index >= 15 is 0 Å². The number of rotatable bonds is 37. The van der Waals surface area contributed by atoms with Gasteiger partial charge in [-0.15, -0.1) is 0 Å². The maximum absolute atomic E-state index is 12.4. The van der Waals surface area contributed by atoms with Crippen LogP contribution in [-0.4, -0.2) is 37.2 Å². The van der Waals surface area contributed by atoms with Crippen LogP contribution < -0.4 is 0 Å². The van der Waals surface area contributed by atoms with Crippen LogP contribution in [0.5, 0.6) is 0 Å². The van der Waals surface area contributed by atoms with Gasteiger partial charge in [0.25, 0.3) is 0 Å². The predicted octanol–water partition coefficient (Wildman–Crippen LogP) is 14.5. The zero-order valence-electron chi connectivity index (χ0n) is 36.9. The number of carbonyl (C=O) groups excluding carboxylic acids is 3. The maximum Gasteiger partial charge on any atom is 0.306 e. The Kier molecular flexibility index (Phi) is 42.3. The van der Waals surface area contributed by atoms with E-state index in [1.165, 1.54) is 0 Å². The minimum Gasteiger partial charge on any atom is -0.462 e. The molecule has 0 aliphatic heterocycles. The fraction of sp³-hybridized carbons (Fsp3) is 0.491. The molecule has 0 fully saturated rings.